The van der Waals surface area contributed by atoms with Gasteiger partial charge in [-0.25, -0.2) is 4.98 Å². The first-order chi connectivity index (χ1) is 13.8. The van der Waals surface area contributed by atoms with Crippen molar-refractivity contribution >= 4 is 22.9 Å². The lowest BCUT2D eigenvalue weighted by molar-refractivity contribution is 0.174. The second kappa shape index (κ2) is 7.07. The second-order valence-electron chi connectivity index (χ2n) is 6.38. The molecule has 0 aliphatic carbocycles. The van der Waals surface area contributed by atoms with Gasteiger partial charge in [-0.05, 0) is 23.3 Å². The van der Waals surface area contributed by atoms with Crippen molar-refractivity contribution in [3.05, 3.63) is 66.0 Å². The van der Waals surface area contributed by atoms with Gasteiger partial charge in [-0.15, -0.1) is 0 Å². The highest BCUT2D eigenvalue weighted by Crippen LogP contribution is 2.32. The van der Waals surface area contributed by atoms with Crippen molar-refractivity contribution in [3.8, 4) is 11.5 Å². The number of hydrogen-bond donors (Lipinski definition) is 3. The van der Waals surface area contributed by atoms with E-state index < -0.39 is 0 Å². The van der Waals surface area contributed by atoms with Gasteiger partial charge in [0.15, 0.2) is 23.0 Å². The first-order valence-corrected chi connectivity index (χ1v) is 8.96. The van der Waals surface area contributed by atoms with Gasteiger partial charge in [-0.3, -0.25) is 0 Å². The number of nitrogens with zero attached hydrogens (tertiary/aromatic N) is 3. The van der Waals surface area contributed by atoms with Crippen LogP contribution in [0.2, 0.25) is 0 Å². The average molecular weight is 374 g/mol. The van der Waals surface area contributed by atoms with E-state index in [1.54, 1.807) is 6.33 Å². The van der Waals surface area contributed by atoms with Crippen LogP contribution in [0.3, 0.4) is 0 Å². The van der Waals surface area contributed by atoms with Gasteiger partial charge in [-0.1, -0.05) is 36.4 Å². The van der Waals surface area contributed by atoms with Crippen LogP contribution in [0, 0.1) is 0 Å². The standard InChI is InChI=1S/C20H18N6O2/c1-2-4-13(5-3-1)9-21-18-17-19(24-11-23-17)26-20(25-18)22-10-14-6-7-15-16(8-14)28-12-27-15/h1-8,11H,9-10,12H2,(H3,21,22,23,24,25,26). The second-order valence-corrected chi connectivity index (χ2v) is 6.38. The van der Waals surface area contributed by atoms with E-state index in [-0.39, 0.29) is 6.79 Å². The highest BCUT2D eigenvalue weighted by atomic mass is 16.7. The highest BCUT2D eigenvalue weighted by Gasteiger charge is 2.14. The number of H-pyrrole nitrogens is 1. The van der Waals surface area contributed by atoms with E-state index in [1.807, 2.05) is 36.4 Å². The minimum absolute atomic E-state index is 0.265. The smallest absolute Gasteiger partial charge is 0.231 e. The Morgan fingerprint density at radius 2 is 1.75 bits per heavy atom. The van der Waals surface area contributed by atoms with Gasteiger partial charge < -0.3 is 25.1 Å². The maximum atomic E-state index is 5.43. The van der Waals surface area contributed by atoms with Crippen molar-refractivity contribution in [1.82, 2.24) is 19.9 Å². The minimum atomic E-state index is 0.265. The number of ether oxygens (including phenoxy) is 2. The number of aromatic amines is 1. The number of hydrogen-bond acceptors (Lipinski definition) is 7. The van der Waals surface area contributed by atoms with Crippen LogP contribution in [0.25, 0.3) is 11.2 Å². The van der Waals surface area contributed by atoms with E-state index in [0.717, 1.165) is 22.6 Å². The molecule has 0 saturated carbocycles. The molecule has 0 bridgehead atoms. The van der Waals surface area contributed by atoms with Crippen molar-refractivity contribution in [2.45, 2.75) is 13.1 Å². The van der Waals surface area contributed by atoms with Crippen LogP contribution in [0.5, 0.6) is 11.5 Å². The summed E-state index contributed by atoms with van der Waals surface area (Å²) in [4.78, 5) is 16.5. The van der Waals surface area contributed by atoms with Gasteiger partial charge in [0.05, 0.1) is 6.33 Å². The SMILES string of the molecule is c1ccc(CNc2nc(NCc3ccc4c(c3)OCO4)nc3nc[nH]c23)cc1. The molecular weight excluding hydrogens is 356 g/mol. The summed E-state index contributed by atoms with van der Waals surface area (Å²) in [5, 5.41) is 6.62. The zero-order chi connectivity index (χ0) is 18.8. The van der Waals surface area contributed by atoms with E-state index in [2.05, 4.69) is 42.7 Å². The van der Waals surface area contributed by atoms with Crippen LogP contribution in [0.1, 0.15) is 11.1 Å². The average Bonchev–Trinajstić information content (AvgIpc) is 3.40. The quantitative estimate of drug-likeness (QED) is 0.476. The Hall–Kier alpha value is -3.81. The molecule has 1 aliphatic heterocycles. The number of nitrogens with one attached hydrogen (secondary N) is 3. The van der Waals surface area contributed by atoms with E-state index in [1.165, 1.54) is 5.56 Å². The van der Waals surface area contributed by atoms with E-state index in [9.17, 15) is 0 Å². The monoisotopic (exact) mass is 374 g/mol. The molecule has 0 fully saturated rings. The summed E-state index contributed by atoms with van der Waals surface area (Å²) in [5.74, 6) is 2.74. The Labute approximate surface area is 161 Å². The van der Waals surface area contributed by atoms with Crippen molar-refractivity contribution in [2.24, 2.45) is 0 Å². The number of imidazole rings is 1. The third-order valence-corrected chi connectivity index (χ3v) is 4.48. The van der Waals surface area contributed by atoms with Gasteiger partial charge in [0.2, 0.25) is 12.7 Å². The van der Waals surface area contributed by atoms with Crippen LogP contribution in [0.15, 0.2) is 54.9 Å². The Morgan fingerprint density at radius 3 is 2.68 bits per heavy atom. The number of benzene rings is 2. The van der Waals surface area contributed by atoms with Gasteiger partial charge >= 0.3 is 0 Å². The molecule has 4 aromatic rings. The normalized spacial score (nSPS) is 12.3. The Bertz CT molecular complexity index is 1110. The topological polar surface area (TPSA) is 97.0 Å². The lowest BCUT2D eigenvalue weighted by Gasteiger charge is -2.10. The van der Waals surface area contributed by atoms with Crippen LogP contribution < -0.4 is 20.1 Å². The van der Waals surface area contributed by atoms with Gasteiger partial charge in [0.25, 0.3) is 0 Å². The number of aromatic nitrogens is 4. The van der Waals surface area contributed by atoms with E-state index in [0.29, 0.717) is 30.5 Å². The molecule has 3 heterocycles. The van der Waals surface area contributed by atoms with Crippen LogP contribution in [-0.2, 0) is 13.1 Å². The maximum absolute atomic E-state index is 5.43. The number of rotatable bonds is 6. The first-order valence-electron chi connectivity index (χ1n) is 8.96. The first kappa shape index (κ1) is 16.4. The Morgan fingerprint density at radius 1 is 0.893 bits per heavy atom. The summed E-state index contributed by atoms with van der Waals surface area (Å²) < 4.78 is 10.8. The fraction of sp³-hybridized carbons (Fsp3) is 0.150. The predicted octanol–water partition coefficient (Wildman–Crippen LogP) is 3.31. The predicted molar refractivity (Wildman–Crippen MR) is 105 cm³/mol. The van der Waals surface area contributed by atoms with E-state index >= 15 is 0 Å². The molecule has 2 aromatic carbocycles. The number of anilines is 2. The molecule has 0 atom stereocenters. The van der Waals surface area contributed by atoms with Crippen molar-refractivity contribution in [1.29, 1.82) is 0 Å². The van der Waals surface area contributed by atoms with Crippen LogP contribution in [0.4, 0.5) is 11.8 Å². The molecule has 8 nitrogen and oxygen atoms in total. The summed E-state index contributed by atoms with van der Waals surface area (Å²) >= 11 is 0. The summed E-state index contributed by atoms with van der Waals surface area (Å²) in [5.41, 5.74) is 3.61. The zero-order valence-corrected chi connectivity index (χ0v) is 15.0. The highest BCUT2D eigenvalue weighted by molar-refractivity contribution is 5.83. The molecule has 2 aromatic heterocycles. The zero-order valence-electron chi connectivity index (χ0n) is 15.0. The fourth-order valence-electron chi connectivity index (χ4n) is 3.05. The molecule has 5 rings (SSSR count). The summed E-state index contributed by atoms with van der Waals surface area (Å²) in [6.45, 7) is 1.49. The third-order valence-electron chi connectivity index (χ3n) is 4.48. The minimum Gasteiger partial charge on any atom is -0.454 e. The summed E-state index contributed by atoms with van der Waals surface area (Å²) in [6, 6.07) is 16.0. The number of fused-ring (bicyclic) bond motifs is 2. The molecule has 0 unspecified atom stereocenters. The fourth-order valence-corrected chi connectivity index (χ4v) is 3.05. The van der Waals surface area contributed by atoms with Crippen molar-refractivity contribution in [2.75, 3.05) is 17.4 Å². The molecular formula is C20H18N6O2. The molecule has 0 spiro atoms. The van der Waals surface area contributed by atoms with Crippen LogP contribution >= 0.6 is 0 Å². The lowest BCUT2D eigenvalue weighted by atomic mass is 10.2. The van der Waals surface area contributed by atoms with Crippen molar-refractivity contribution < 1.29 is 9.47 Å². The van der Waals surface area contributed by atoms with Gasteiger partial charge in [-0.2, -0.15) is 9.97 Å². The third kappa shape index (κ3) is 3.27. The van der Waals surface area contributed by atoms with Crippen LogP contribution in [-0.4, -0.2) is 26.7 Å². The summed E-state index contributed by atoms with van der Waals surface area (Å²) in [7, 11) is 0. The molecule has 28 heavy (non-hydrogen) atoms. The molecule has 3 N–H and O–H groups in total. The Kier molecular flexibility index (Phi) is 4.13. The Balaban J connectivity index is 1.34. The lowest BCUT2D eigenvalue weighted by Crippen LogP contribution is -2.08. The molecule has 0 saturated heterocycles. The molecule has 0 amide bonds. The van der Waals surface area contributed by atoms with Gasteiger partial charge in [0, 0.05) is 13.1 Å². The molecule has 140 valence electrons. The van der Waals surface area contributed by atoms with E-state index in [4.69, 9.17) is 9.47 Å². The molecule has 1 aliphatic rings. The maximum Gasteiger partial charge on any atom is 0.231 e. The molecule has 8 heteroatoms. The largest absolute Gasteiger partial charge is 0.454 e. The van der Waals surface area contributed by atoms with Crippen molar-refractivity contribution in [3.63, 3.8) is 0 Å². The molecule has 0 radical (unpaired) electrons. The summed E-state index contributed by atoms with van der Waals surface area (Å²) in [6.07, 6.45) is 1.62. The van der Waals surface area contributed by atoms with Gasteiger partial charge in [0.1, 0.15) is 5.52 Å².